The van der Waals surface area contributed by atoms with Crippen LogP contribution in [-0.4, -0.2) is 20.3 Å². The molecule has 0 amide bonds. The van der Waals surface area contributed by atoms with E-state index in [0.29, 0.717) is 23.7 Å². The molecule has 1 rings (SSSR count). The molecule has 0 heterocycles. The first-order chi connectivity index (χ1) is 7.16. The SMILES string of the molecule is COCCNC(C)c1c(F)cccc1Cl. The van der Waals surface area contributed by atoms with E-state index in [2.05, 4.69) is 5.32 Å². The summed E-state index contributed by atoms with van der Waals surface area (Å²) in [5, 5.41) is 3.58. The van der Waals surface area contributed by atoms with Gasteiger partial charge in [-0.15, -0.1) is 0 Å². The number of hydrogen-bond acceptors (Lipinski definition) is 2. The minimum atomic E-state index is -0.278. The molecule has 2 nitrogen and oxygen atoms in total. The van der Waals surface area contributed by atoms with Gasteiger partial charge in [0.15, 0.2) is 0 Å². The standard InChI is InChI=1S/C11H15ClFNO/c1-8(14-6-7-15-2)11-9(12)4-3-5-10(11)13/h3-5,8,14H,6-7H2,1-2H3. The lowest BCUT2D eigenvalue weighted by Gasteiger charge is -2.16. The van der Waals surface area contributed by atoms with Crippen molar-refractivity contribution in [1.82, 2.24) is 5.32 Å². The zero-order valence-corrected chi connectivity index (χ0v) is 9.64. The highest BCUT2D eigenvalue weighted by Crippen LogP contribution is 2.25. The third-order valence-electron chi connectivity index (χ3n) is 2.19. The van der Waals surface area contributed by atoms with Gasteiger partial charge in [-0.3, -0.25) is 0 Å². The summed E-state index contributed by atoms with van der Waals surface area (Å²) in [4.78, 5) is 0. The third-order valence-corrected chi connectivity index (χ3v) is 2.52. The van der Waals surface area contributed by atoms with Crippen molar-refractivity contribution < 1.29 is 9.13 Å². The molecule has 0 saturated carbocycles. The van der Waals surface area contributed by atoms with Gasteiger partial charge in [-0.25, -0.2) is 4.39 Å². The zero-order valence-electron chi connectivity index (χ0n) is 8.89. The van der Waals surface area contributed by atoms with Crippen molar-refractivity contribution in [3.8, 4) is 0 Å². The van der Waals surface area contributed by atoms with Crippen LogP contribution in [0.3, 0.4) is 0 Å². The van der Waals surface area contributed by atoms with Crippen molar-refractivity contribution in [2.24, 2.45) is 0 Å². The van der Waals surface area contributed by atoms with Gasteiger partial charge in [0.2, 0.25) is 0 Å². The molecule has 1 atom stereocenters. The van der Waals surface area contributed by atoms with Crippen molar-refractivity contribution in [2.75, 3.05) is 20.3 Å². The smallest absolute Gasteiger partial charge is 0.129 e. The molecule has 1 unspecified atom stereocenters. The summed E-state index contributed by atoms with van der Waals surface area (Å²) in [7, 11) is 1.63. The van der Waals surface area contributed by atoms with E-state index in [9.17, 15) is 4.39 Å². The highest BCUT2D eigenvalue weighted by Gasteiger charge is 2.13. The molecular formula is C11H15ClFNO. The maximum Gasteiger partial charge on any atom is 0.129 e. The Kier molecular flexibility index (Phi) is 5.02. The minimum Gasteiger partial charge on any atom is -0.383 e. The van der Waals surface area contributed by atoms with Gasteiger partial charge in [-0.05, 0) is 19.1 Å². The fraction of sp³-hybridized carbons (Fsp3) is 0.455. The van der Waals surface area contributed by atoms with E-state index in [4.69, 9.17) is 16.3 Å². The van der Waals surface area contributed by atoms with Gasteiger partial charge >= 0.3 is 0 Å². The molecule has 0 saturated heterocycles. The molecule has 1 N–H and O–H groups in total. The van der Waals surface area contributed by atoms with Crippen LogP contribution in [0.15, 0.2) is 18.2 Å². The molecule has 0 aromatic heterocycles. The predicted molar refractivity (Wildman–Crippen MR) is 59.7 cm³/mol. The van der Waals surface area contributed by atoms with Crippen molar-refractivity contribution in [1.29, 1.82) is 0 Å². The Labute approximate surface area is 94.4 Å². The van der Waals surface area contributed by atoms with E-state index >= 15 is 0 Å². The first-order valence-corrected chi connectivity index (χ1v) is 5.21. The first kappa shape index (κ1) is 12.4. The molecule has 84 valence electrons. The van der Waals surface area contributed by atoms with E-state index < -0.39 is 0 Å². The first-order valence-electron chi connectivity index (χ1n) is 4.83. The number of methoxy groups -OCH3 is 1. The maximum atomic E-state index is 13.5. The van der Waals surface area contributed by atoms with E-state index in [1.54, 1.807) is 19.2 Å². The molecule has 0 spiro atoms. The Morgan fingerprint density at radius 2 is 2.27 bits per heavy atom. The zero-order chi connectivity index (χ0) is 11.3. The normalized spacial score (nSPS) is 12.8. The van der Waals surface area contributed by atoms with Crippen LogP contribution in [-0.2, 0) is 4.74 Å². The van der Waals surface area contributed by atoms with Crippen molar-refractivity contribution in [3.63, 3.8) is 0 Å². The van der Waals surface area contributed by atoms with Crippen LogP contribution in [0.1, 0.15) is 18.5 Å². The van der Waals surface area contributed by atoms with Gasteiger partial charge in [-0.2, -0.15) is 0 Å². The van der Waals surface area contributed by atoms with Crippen molar-refractivity contribution in [3.05, 3.63) is 34.6 Å². The van der Waals surface area contributed by atoms with Gasteiger partial charge in [-0.1, -0.05) is 17.7 Å². The summed E-state index contributed by atoms with van der Waals surface area (Å²) >= 11 is 5.93. The second-order valence-electron chi connectivity index (χ2n) is 3.30. The Morgan fingerprint density at radius 3 is 2.87 bits per heavy atom. The summed E-state index contributed by atoms with van der Waals surface area (Å²) < 4.78 is 18.4. The monoisotopic (exact) mass is 231 g/mol. The summed E-state index contributed by atoms with van der Waals surface area (Å²) in [6.07, 6.45) is 0. The van der Waals surface area contributed by atoms with Crippen LogP contribution >= 0.6 is 11.6 Å². The maximum absolute atomic E-state index is 13.5. The van der Waals surface area contributed by atoms with Crippen molar-refractivity contribution >= 4 is 11.6 Å². The van der Waals surface area contributed by atoms with E-state index in [-0.39, 0.29) is 11.9 Å². The largest absolute Gasteiger partial charge is 0.383 e. The highest BCUT2D eigenvalue weighted by molar-refractivity contribution is 6.31. The lowest BCUT2D eigenvalue weighted by Crippen LogP contribution is -2.23. The highest BCUT2D eigenvalue weighted by atomic mass is 35.5. The van der Waals surface area contributed by atoms with Gasteiger partial charge in [0.1, 0.15) is 5.82 Å². The van der Waals surface area contributed by atoms with Crippen LogP contribution in [0.25, 0.3) is 0 Å². The fourth-order valence-corrected chi connectivity index (χ4v) is 1.73. The average molecular weight is 232 g/mol. The van der Waals surface area contributed by atoms with E-state index in [1.165, 1.54) is 6.07 Å². The predicted octanol–water partition coefficient (Wildman–Crippen LogP) is 2.78. The molecule has 0 fully saturated rings. The lowest BCUT2D eigenvalue weighted by molar-refractivity contribution is 0.196. The van der Waals surface area contributed by atoms with Crippen LogP contribution < -0.4 is 5.32 Å². The second kappa shape index (κ2) is 6.05. The average Bonchev–Trinajstić information content (AvgIpc) is 2.18. The van der Waals surface area contributed by atoms with Crippen LogP contribution in [0.4, 0.5) is 4.39 Å². The molecule has 15 heavy (non-hydrogen) atoms. The lowest BCUT2D eigenvalue weighted by atomic mass is 10.1. The molecule has 0 aliphatic heterocycles. The summed E-state index contributed by atoms with van der Waals surface area (Å²) in [5.74, 6) is -0.278. The third kappa shape index (κ3) is 3.45. The van der Waals surface area contributed by atoms with Gasteiger partial charge < -0.3 is 10.1 Å². The minimum absolute atomic E-state index is 0.117. The summed E-state index contributed by atoms with van der Waals surface area (Å²) in [6.45, 7) is 3.14. The quantitative estimate of drug-likeness (QED) is 0.787. The molecule has 4 heteroatoms. The van der Waals surface area contributed by atoms with E-state index in [1.807, 2.05) is 6.92 Å². The second-order valence-corrected chi connectivity index (χ2v) is 3.71. The van der Waals surface area contributed by atoms with Gasteiger partial charge in [0, 0.05) is 30.3 Å². The Balaban J connectivity index is 2.68. The number of hydrogen-bond donors (Lipinski definition) is 1. The molecule has 0 radical (unpaired) electrons. The molecule has 1 aromatic carbocycles. The fourth-order valence-electron chi connectivity index (χ4n) is 1.40. The van der Waals surface area contributed by atoms with Crippen molar-refractivity contribution in [2.45, 2.75) is 13.0 Å². The molecule has 0 bridgehead atoms. The molecule has 0 aliphatic rings. The molecular weight excluding hydrogens is 217 g/mol. The number of rotatable bonds is 5. The van der Waals surface area contributed by atoms with Gasteiger partial charge in [0.25, 0.3) is 0 Å². The Hall–Kier alpha value is -0.640. The molecule has 1 aromatic rings. The number of nitrogens with one attached hydrogen (secondary N) is 1. The summed E-state index contributed by atoms with van der Waals surface area (Å²) in [5.41, 5.74) is 0.510. The Morgan fingerprint density at radius 1 is 1.53 bits per heavy atom. The van der Waals surface area contributed by atoms with Crippen LogP contribution in [0, 0.1) is 5.82 Å². The number of halogens is 2. The number of benzene rings is 1. The topological polar surface area (TPSA) is 21.3 Å². The van der Waals surface area contributed by atoms with Gasteiger partial charge in [0.05, 0.1) is 6.61 Å². The molecule has 0 aliphatic carbocycles. The van der Waals surface area contributed by atoms with E-state index in [0.717, 1.165) is 0 Å². The summed E-state index contributed by atoms with van der Waals surface area (Å²) in [6, 6.07) is 4.58. The Bertz CT molecular complexity index is 299. The number of ether oxygens (including phenoxy) is 1. The van der Waals surface area contributed by atoms with Crippen LogP contribution in [0.5, 0.6) is 0 Å². The van der Waals surface area contributed by atoms with Crippen LogP contribution in [0.2, 0.25) is 5.02 Å².